The van der Waals surface area contributed by atoms with Crippen LogP contribution in [-0.2, 0) is 9.53 Å². The molecule has 1 aliphatic carbocycles. The molecule has 9 heteroatoms. The Balaban J connectivity index is 0.00000481. The van der Waals surface area contributed by atoms with Crippen LogP contribution in [0, 0.1) is 18.8 Å². The predicted molar refractivity (Wildman–Crippen MR) is 141 cm³/mol. The van der Waals surface area contributed by atoms with E-state index in [1.165, 1.54) is 0 Å². The number of ether oxygens (including phenoxy) is 2. The Labute approximate surface area is 236 Å². The number of carboxylic acids is 1. The van der Waals surface area contributed by atoms with E-state index in [0.29, 0.717) is 41.3 Å². The molecule has 0 heterocycles. The second-order valence-corrected chi connectivity index (χ2v) is 9.65. The van der Waals surface area contributed by atoms with Gasteiger partial charge in [-0.1, -0.05) is 48.9 Å². The van der Waals surface area contributed by atoms with E-state index < -0.39 is 18.5 Å². The summed E-state index contributed by atoms with van der Waals surface area (Å²) in [6.07, 6.45) is 1.42. The third-order valence-corrected chi connectivity index (χ3v) is 6.92. The molecule has 37 heavy (non-hydrogen) atoms. The first-order valence-electron chi connectivity index (χ1n) is 12.3. The monoisotopic (exact) mass is 521 g/mol. The molecule has 0 radical (unpaired) electrons. The summed E-state index contributed by atoms with van der Waals surface area (Å²) < 4.78 is 11.7. The van der Waals surface area contributed by atoms with Crippen molar-refractivity contribution in [3.8, 4) is 5.75 Å². The van der Waals surface area contributed by atoms with Crippen LogP contribution in [0.4, 0.5) is 0 Å². The molecule has 1 fully saturated rings. The third kappa shape index (κ3) is 8.70. The van der Waals surface area contributed by atoms with E-state index in [0.717, 1.165) is 18.4 Å². The Morgan fingerprint density at radius 1 is 1.19 bits per heavy atom. The minimum atomic E-state index is -1.35. The summed E-state index contributed by atoms with van der Waals surface area (Å²) in [6, 6.07) is 14.4. The normalized spacial score (nSPS) is 20.6. The van der Waals surface area contributed by atoms with Crippen molar-refractivity contribution in [3.05, 3.63) is 83.0 Å². The molecule has 4 N–H and O–H groups in total. The van der Waals surface area contributed by atoms with Crippen molar-refractivity contribution < 1.29 is 43.3 Å². The second kappa shape index (κ2) is 14.7. The number of rotatable bonds is 11. The van der Waals surface area contributed by atoms with Crippen molar-refractivity contribution in [1.29, 1.82) is 0 Å². The molecule has 1 aliphatic rings. The number of carboxylic acid groups (broad SMARTS) is 1. The third-order valence-electron chi connectivity index (χ3n) is 6.57. The van der Waals surface area contributed by atoms with Gasteiger partial charge in [0.2, 0.25) is 6.41 Å². The first-order valence-corrected chi connectivity index (χ1v) is 12.7. The standard InChI is InChI=1S/C28H35ClN2O5.Li/c1-4-17(2)26(31-28(34)35-18(3)23-10-5-6-11-24(23)29)25(30)19-12-14-21(15-13-19)36-22-9-7-8-20(16-22)27(32)33;/h5-6,10-15,17-18,20,22,28,30-31,34H,1,4,7-9,16H2,2-3H3,(H,32,33);/q-2;+1/b26-25+;/t17?,18-,20+,22+,28?;/m1./s1. The quantitative estimate of drug-likeness (QED) is 0.237. The van der Waals surface area contributed by atoms with Crippen molar-refractivity contribution in [2.45, 2.75) is 64.6 Å². The molecule has 2 unspecified atom stereocenters. The maximum atomic E-state index is 11.3. The van der Waals surface area contributed by atoms with Gasteiger partial charge in [0.15, 0.2) is 0 Å². The molecule has 0 aliphatic heterocycles. The van der Waals surface area contributed by atoms with Gasteiger partial charge in [0.1, 0.15) is 5.75 Å². The number of nitrogens with one attached hydrogen (secondary N) is 2. The molecule has 0 bridgehead atoms. The minimum absolute atomic E-state index is 0. The Morgan fingerprint density at radius 3 is 2.49 bits per heavy atom. The van der Waals surface area contributed by atoms with Crippen molar-refractivity contribution in [2.75, 3.05) is 0 Å². The van der Waals surface area contributed by atoms with E-state index in [2.05, 4.69) is 12.2 Å². The molecule has 0 saturated heterocycles. The zero-order valence-electron chi connectivity index (χ0n) is 21.7. The summed E-state index contributed by atoms with van der Waals surface area (Å²) in [5.41, 5.74) is 10.9. The predicted octanol–water partition coefficient (Wildman–Crippen LogP) is 3.59. The Kier molecular flexibility index (Phi) is 12.4. The van der Waals surface area contributed by atoms with Gasteiger partial charge in [0, 0.05) is 10.7 Å². The first kappa shape index (κ1) is 31.1. The molecular weight excluding hydrogens is 487 g/mol. The average molecular weight is 522 g/mol. The van der Waals surface area contributed by atoms with Crippen LogP contribution < -0.4 is 28.9 Å². The number of aliphatic hydroxyl groups is 1. The summed E-state index contributed by atoms with van der Waals surface area (Å²) >= 11 is 6.24. The number of allylic oxidation sites excluding steroid dienone is 1. The van der Waals surface area contributed by atoms with Crippen molar-refractivity contribution in [2.24, 2.45) is 11.8 Å². The fraction of sp³-hybridized carbons (Fsp3) is 0.429. The van der Waals surface area contributed by atoms with Gasteiger partial charge < -0.3 is 37.7 Å². The molecule has 3 rings (SSSR count). The number of hydrogen-bond acceptors (Lipinski definition) is 5. The Bertz CT molecular complexity index is 1050. The van der Waals surface area contributed by atoms with Gasteiger partial charge in [0.05, 0.1) is 18.1 Å². The summed E-state index contributed by atoms with van der Waals surface area (Å²) in [6.45, 7) is 7.67. The van der Waals surface area contributed by atoms with Crippen LogP contribution in [0.2, 0.25) is 5.02 Å². The van der Waals surface area contributed by atoms with E-state index in [1.807, 2.05) is 25.1 Å². The van der Waals surface area contributed by atoms with Crippen LogP contribution in [-0.4, -0.2) is 28.7 Å². The van der Waals surface area contributed by atoms with Crippen molar-refractivity contribution >= 4 is 23.3 Å². The van der Waals surface area contributed by atoms with Gasteiger partial charge in [-0.05, 0) is 67.9 Å². The summed E-state index contributed by atoms with van der Waals surface area (Å²) in [7, 11) is 0. The molecule has 2 aromatic carbocycles. The number of halogens is 1. The van der Waals surface area contributed by atoms with E-state index in [4.69, 9.17) is 26.8 Å². The van der Waals surface area contributed by atoms with E-state index in [1.54, 1.807) is 37.3 Å². The zero-order chi connectivity index (χ0) is 26.2. The van der Waals surface area contributed by atoms with Crippen LogP contribution in [0.3, 0.4) is 0 Å². The van der Waals surface area contributed by atoms with Gasteiger partial charge in [-0.15, -0.1) is 5.70 Å². The molecule has 1 saturated carbocycles. The SMILES string of the molecule is [CH2-]CC(C)/C(NC(O)O[C@H](C)c1ccccc1Cl)=C(\[NH-])c1ccc(O[C@H]2CCC[C@H](C(=O)O)C2)cc1.[Li+]. The molecule has 0 aromatic heterocycles. The summed E-state index contributed by atoms with van der Waals surface area (Å²) in [5.74, 6) is -0.621. The first-order chi connectivity index (χ1) is 17.2. The molecule has 0 amide bonds. The topological polar surface area (TPSA) is 112 Å². The molecule has 2 aromatic rings. The maximum absolute atomic E-state index is 11.3. The smallest absolute Gasteiger partial charge is 0.697 e. The van der Waals surface area contributed by atoms with Crippen LogP contribution in [0.1, 0.15) is 63.2 Å². The van der Waals surface area contributed by atoms with E-state index in [9.17, 15) is 15.0 Å². The largest absolute Gasteiger partial charge is 1.00 e. The van der Waals surface area contributed by atoms with Gasteiger partial charge in [-0.25, -0.2) is 0 Å². The van der Waals surface area contributed by atoms with Crippen LogP contribution in [0.5, 0.6) is 5.75 Å². The van der Waals surface area contributed by atoms with Crippen LogP contribution in [0.25, 0.3) is 11.4 Å². The minimum Gasteiger partial charge on any atom is -0.697 e. The number of aliphatic hydroxyl groups excluding tert-OH is 1. The van der Waals surface area contributed by atoms with E-state index in [-0.39, 0.29) is 42.5 Å². The molecule has 196 valence electrons. The number of aliphatic carboxylic acids is 1. The second-order valence-electron chi connectivity index (χ2n) is 9.24. The Hall–Kier alpha value is -2.14. The zero-order valence-corrected chi connectivity index (χ0v) is 22.5. The molecule has 7 nitrogen and oxygen atoms in total. The fourth-order valence-corrected chi connectivity index (χ4v) is 4.66. The number of carbonyl (C=O) groups is 1. The maximum Gasteiger partial charge on any atom is 1.00 e. The molecule has 5 atom stereocenters. The fourth-order valence-electron chi connectivity index (χ4n) is 4.37. The van der Waals surface area contributed by atoms with Crippen LogP contribution in [0.15, 0.2) is 54.2 Å². The van der Waals surface area contributed by atoms with E-state index >= 15 is 0 Å². The summed E-state index contributed by atoms with van der Waals surface area (Å²) in [5, 5.41) is 23.4. The number of benzene rings is 2. The number of hydrogen-bond donors (Lipinski definition) is 3. The van der Waals surface area contributed by atoms with Crippen molar-refractivity contribution in [3.63, 3.8) is 0 Å². The summed E-state index contributed by atoms with van der Waals surface area (Å²) in [4.78, 5) is 11.3. The van der Waals surface area contributed by atoms with Crippen molar-refractivity contribution in [1.82, 2.24) is 5.32 Å². The van der Waals surface area contributed by atoms with Gasteiger partial charge in [-0.3, -0.25) is 4.79 Å². The van der Waals surface area contributed by atoms with Crippen LogP contribution >= 0.6 is 11.6 Å². The van der Waals surface area contributed by atoms with Gasteiger partial charge in [-0.2, -0.15) is 6.42 Å². The average Bonchev–Trinajstić information content (AvgIpc) is 2.87. The van der Waals surface area contributed by atoms with Gasteiger partial charge >= 0.3 is 24.8 Å². The Morgan fingerprint density at radius 2 is 1.86 bits per heavy atom. The molecular formula is C28H35ClLiN2O5-. The molecule has 0 spiro atoms. The van der Waals surface area contributed by atoms with Gasteiger partial charge in [0.25, 0.3) is 0 Å².